The number of aliphatic hydroxyl groups excluding tert-OH is 1. The highest BCUT2D eigenvalue weighted by atomic mass is 16.5. The summed E-state index contributed by atoms with van der Waals surface area (Å²) in [5.74, 6) is -0.803. The fourth-order valence-corrected chi connectivity index (χ4v) is 1.93. The van der Waals surface area contributed by atoms with Crippen LogP contribution in [0, 0.1) is 0 Å². The van der Waals surface area contributed by atoms with Crippen molar-refractivity contribution in [1.29, 1.82) is 0 Å². The number of aliphatic carboxylic acids is 1. The Morgan fingerprint density at radius 3 is 2.80 bits per heavy atom. The van der Waals surface area contributed by atoms with Crippen LogP contribution in [0.3, 0.4) is 0 Å². The van der Waals surface area contributed by atoms with Crippen LogP contribution in [0.25, 0.3) is 0 Å². The number of carboxylic acid groups (broad SMARTS) is 1. The van der Waals surface area contributed by atoms with Gasteiger partial charge in [0, 0.05) is 12.6 Å². The Kier molecular flexibility index (Phi) is 4.50. The summed E-state index contributed by atoms with van der Waals surface area (Å²) in [5.41, 5.74) is 0. The molecule has 5 heteroatoms. The molecule has 0 amide bonds. The van der Waals surface area contributed by atoms with E-state index in [1.807, 2.05) is 18.7 Å². The molecule has 1 saturated heterocycles. The van der Waals surface area contributed by atoms with Gasteiger partial charge in [-0.1, -0.05) is 6.92 Å². The summed E-state index contributed by atoms with van der Waals surface area (Å²) >= 11 is 0. The summed E-state index contributed by atoms with van der Waals surface area (Å²) in [7, 11) is 0. The van der Waals surface area contributed by atoms with E-state index in [9.17, 15) is 4.79 Å². The Bertz CT molecular complexity index is 221. The molecule has 0 aromatic carbocycles. The largest absolute Gasteiger partial charge is 0.480 e. The van der Waals surface area contributed by atoms with Gasteiger partial charge in [-0.3, -0.25) is 9.69 Å². The number of morpholine rings is 1. The van der Waals surface area contributed by atoms with E-state index in [0.29, 0.717) is 19.6 Å². The van der Waals surface area contributed by atoms with Crippen molar-refractivity contribution in [2.24, 2.45) is 0 Å². The van der Waals surface area contributed by atoms with Crippen molar-refractivity contribution < 1.29 is 19.7 Å². The highest BCUT2D eigenvalue weighted by molar-refractivity contribution is 5.73. The van der Waals surface area contributed by atoms with Crippen LogP contribution in [0.2, 0.25) is 0 Å². The monoisotopic (exact) mass is 217 g/mol. The van der Waals surface area contributed by atoms with Crippen LogP contribution in [0.5, 0.6) is 0 Å². The third-order valence-corrected chi connectivity index (χ3v) is 2.83. The molecule has 0 saturated carbocycles. The highest BCUT2D eigenvalue weighted by Crippen LogP contribution is 2.16. The molecule has 3 atom stereocenters. The van der Waals surface area contributed by atoms with Gasteiger partial charge in [0.05, 0.1) is 19.3 Å². The average Bonchev–Trinajstić information content (AvgIpc) is 2.21. The van der Waals surface area contributed by atoms with Crippen LogP contribution in [0.15, 0.2) is 0 Å². The van der Waals surface area contributed by atoms with Crippen LogP contribution in [-0.2, 0) is 9.53 Å². The fourth-order valence-electron chi connectivity index (χ4n) is 1.93. The maximum Gasteiger partial charge on any atom is 0.320 e. The molecule has 1 rings (SSSR count). The fraction of sp³-hybridized carbons (Fsp3) is 0.900. The van der Waals surface area contributed by atoms with E-state index >= 15 is 0 Å². The molecule has 0 aromatic rings. The Hall–Kier alpha value is -0.650. The van der Waals surface area contributed by atoms with E-state index < -0.39 is 12.0 Å². The van der Waals surface area contributed by atoms with Crippen LogP contribution in [0.1, 0.15) is 20.3 Å². The number of rotatable bonds is 4. The Morgan fingerprint density at radius 2 is 2.33 bits per heavy atom. The number of carboxylic acids is 1. The van der Waals surface area contributed by atoms with Crippen molar-refractivity contribution in [1.82, 2.24) is 4.90 Å². The van der Waals surface area contributed by atoms with Crippen molar-refractivity contribution in [2.45, 2.75) is 38.5 Å². The molecule has 5 nitrogen and oxygen atoms in total. The van der Waals surface area contributed by atoms with Gasteiger partial charge in [-0.2, -0.15) is 0 Å². The van der Waals surface area contributed by atoms with Gasteiger partial charge in [-0.15, -0.1) is 0 Å². The summed E-state index contributed by atoms with van der Waals surface area (Å²) in [5, 5.41) is 18.0. The number of aliphatic hydroxyl groups is 1. The molecule has 1 aliphatic rings. The third-order valence-electron chi connectivity index (χ3n) is 2.83. The summed E-state index contributed by atoms with van der Waals surface area (Å²) < 4.78 is 5.36. The van der Waals surface area contributed by atoms with E-state index in [4.69, 9.17) is 14.9 Å². The zero-order chi connectivity index (χ0) is 11.4. The molecular weight excluding hydrogens is 198 g/mol. The smallest absolute Gasteiger partial charge is 0.320 e. The third kappa shape index (κ3) is 2.90. The second-order valence-electron chi connectivity index (χ2n) is 3.95. The molecular formula is C10H19NO4. The minimum Gasteiger partial charge on any atom is -0.480 e. The molecule has 1 aliphatic heterocycles. The molecule has 0 radical (unpaired) electrons. The van der Waals surface area contributed by atoms with Gasteiger partial charge < -0.3 is 14.9 Å². The number of ether oxygens (including phenoxy) is 1. The lowest BCUT2D eigenvalue weighted by Crippen LogP contribution is -2.55. The van der Waals surface area contributed by atoms with Gasteiger partial charge in [0.2, 0.25) is 0 Å². The second kappa shape index (κ2) is 5.44. The van der Waals surface area contributed by atoms with Gasteiger partial charge in [-0.05, 0) is 13.3 Å². The van der Waals surface area contributed by atoms with Gasteiger partial charge in [0.1, 0.15) is 6.04 Å². The van der Waals surface area contributed by atoms with Gasteiger partial charge in [-0.25, -0.2) is 0 Å². The summed E-state index contributed by atoms with van der Waals surface area (Å²) in [6.45, 7) is 4.71. The highest BCUT2D eigenvalue weighted by Gasteiger charge is 2.33. The minimum absolute atomic E-state index is 0.0563. The molecule has 2 N–H and O–H groups in total. The first-order chi connectivity index (χ1) is 7.10. The van der Waals surface area contributed by atoms with Gasteiger partial charge >= 0.3 is 5.97 Å². The van der Waals surface area contributed by atoms with Crippen LogP contribution >= 0.6 is 0 Å². The van der Waals surface area contributed by atoms with Crippen molar-refractivity contribution in [3.8, 4) is 0 Å². The van der Waals surface area contributed by atoms with Crippen molar-refractivity contribution in [3.05, 3.63) is 0 Å². The molecule has 15 heavy (non-hydrogen) atoms. The molecule has 0 aliphatic carbocycles. The van der Waals surface area contributed by atoms with E-state index in [2.05, 4.69) is 0 Å². The van der Waals surface area contributed by atoms with Crippen molar-refractivity contribution >= 4 is 5.97 Å². The molecule has 0 aromatic heterocycles. The normalized spacial score (nSPS) is 30.1. The lowest BCUT2D eigenvalue weighted by molar-refractivity contribution is -0.151. The molecule has 3 unspecified atom stereocenters. The SMILES string of the molecule is CCC(C(=O)O)N1CC(CO)OCC1C. The summed E-state index contributed by atoms with van der Waals surface area (Å²) in [6.07, 6.45) is 0.312. The van der Waals surface area contributed by atoms with Gasteiger partial charge in [0.25, 0.3) is 0 Å². The maximum absolute atomic E-state index is 11.0. The standard InChI is InChI=1S/C10H19NO4/c1-3-9(10(13)14)11-4-8(5-12)15-6-7(11)2/h7-9,12H,3-6H2,1-2H3,(H,13,14). The molecule has 0 spiro atoms. The number of hydrogen-bond donors (Lipinski definition) is 2. The maximum atomic E-state index is 11.0. The van der Waals surface area contributed by atoms with Crippen molar-refractivity contribution in [2.75, 3.05) is 19.8 Å². The zero-order valence-corrected chi connectivity index (χ0v) is 9.22. The second-order valence-corrected chi connectivity index (χ2v) is 3.95. The van der Waals surface area contributed by atoms with Crippen LogP contribution < -0.4 is 0 Å². The van der Waals surface area contributed by atoms with Crippen LogP contribution in [0.4, 0.5) is 0 Å². The Morgan fingerprint density at radius 1 is 1.67 bits per heavy atom. The zero-order valence-electron chi connectivity index (χ0n) is 9.22. The van der Waals surface area contributed by atoms with E-state index in [-0.39, 0.29) is 18.8 Å². The minimum atomic E-state index is -0.803. The summed E-state index contributed by atoms with van der Waals surface area (Å²) in [4.78, 5) is 12.9. The first-order valence-electron chi connectivity index (χ1n) is 5.31. The number of carbonyl (C=O) groups is 1. The van der Waals surface area contributed by atoms with E-state index in [1.165, 1.54) is 0 Å². The predicted molar refractivity (Wildman–Crippen MR) is 54.7 cm³/mol. The molecule has 88 valence electrons. The van der Waals surface area contributed by atoms with E-state index in [1.54, 1.807) is 0 Å². The molecule has 0 bridgehead atoms. The lowest BCUT2D eigenvalue weighted by atomic mass is 10.1. The predicted octanol–water partition coefficient (Wildman–Crippen LogP) is -0.0688. The number of hydrogen-bond acceptors (Lipinski definition) is 4. The topological polar surface area (TPSA) is 70.0 Å². The number of nitrogens with zero attached hydrogens (tertiary/aromatic N) is 1. The Labute approximate surface area is 89.6 Å². The Balaban J connectivity index is 2.67. The molecule has 1 fully saturated rings. The quantitative estimate of drug-likeness (QED) is 0.690. The first-order valence-corrected chi connectivity index (χ1v) is 5.31. The van der Waals surface area contributed by atoms with Crippen LogP contribution in [-0.4, -0.2) is 59.0 Å². The average molecular weight is 217 g/mol. The lowest BCUT2D eigenvalue weighted by Gasteiger charge is -2.40. The van der Waals surface area contributed by atoms with Crippen molar-refractivity contribution in [3.63, 3.8) is 0 Å². The summed E-state index contributed by atoms with van der Waals surface area (Å²) in [6, 6.07) is -0.383. The van der Waals surface area contributed by atoms with Gasteiger partial charge in [0.15, 0.2) is 0 Å². The first kappa shape index (κ1) is 12.4. The molecule has 1 heterocycles. The van der Waals surface area contributed by atoms with E-state index in [0.717, 1.165) is 0 Å².